The average Bonchev–Trinajstić information content (AvgIpc) is 2.88. The number of nitrogens with zero attached hydrogens (tertiary/aromatic N) is 3. The van der Waals surface area contributed by atoms with Crippen LogP contribution in [0.3, 0.4) is 0 Å². The largest absolute Gasteiger partial charge is 0.350 e. The second-order valence-corrected chi connectivity index (χ2v) is 8.54. The molecule has 3 amide bonds. The van der Waals surface area contributed by atoms with Crippen LogP contribution in [0.15, 0.2) is 42.6 Å². The summed E-state index contributed by atoms with van der Waals surface area (Å²) in [6, 6.07) is 11.3. The molecule has 0 aliphatic carbocycles. The highest BCUT2D eigenvalue weighted by Gasteiger charge is 2.43. The first-order chi connectivity index (χ1) is 16.4. The molecule has 1 aliphatic heterocycles. The number of carbonyl (C=O) groups is 3. The Hall–Kier alpha value is -3.30. The third kappa shape index (κ3) is 5.98. The van der Waals surface area contributed by atoms with Crippen molar-refractivity contribution in [3.63, 3.8) is 0 Å². The number of piperidine rings is 1. The number of likely N-dealkylation sites (tertiary alicyclic amines) is 1. The van der Waals surface area contributed by atoms with Crippen molar-refractivity contribution in [2.75, 3.05) is 31.3 Å². The van der Waals surface area contributed by atoms with E-state index < -0.39 is 5.41 Å². The Morgan fingerprint density at radius 3 is 2.53 bits per heavy atom. The number of hydroxylamine groups is 1. The predicted molar refractivity (Wildman–Crippen MR) is 128 cm³/mol. The van der Waals surface area contributed by atoms with Gasteiger partial charge in [0.2, 0.25) is 18.2 Å². The molecular weight excluding hydrogens is 434 g/mol. The number of rotatable bonds is 10. The van der Waals surface area contributed by atoms with Gasteiger partial charge < -0.3 is 16.0 Å². The standard InChI is InChI=1S/C25H33N5O4/c1-3-20-6-8-21(9-7-20)30(18-31)34-17-25(10-13-29(14-11-25)23(32)15-26)24(33)28-16-22-19(2)5-4-12-27-22/h4-9,12,18H,3,10-11,13-17,26H2,1-2H3,(H,28,33). The fourth-order valence-corrected chi connectivity index (χ4v) is 4.04. The lowest BCUT2D eigenvalue weighted by Gasteiger charge is -2.40. The minimum atomic E-state index is -0.904. The Bertz CT molecular complexity index is 987. The van der Waals surface area contributed by atoms with E-state index in [0.29, 0.717) is 38.0 Å². The summed E-state index contributed by atoms with van der Waals surface area (Å²) in [5.41, 5.74) is 8.11. The van der Waals surface area contributed by atoms with Gasteiger partial charge in [-0.2, -0.15) is 5.06 Å². The Kier molecular flexibility index (Phi) is 8.72. The highest BCUT2D eigenvalue weighted by Crippen LogP contribution is 2.33. The smallest absolute Gasteiger partial charge is 0.238 e. The summed E-state index contributed by atoms with van der Waals surface area (Å²) in [6.07, 6.45) is 3.96. The summed E-state index contributed by atoms with van der Waals surface area (Å²) in [5.74, 6) is -0.339. The number of anilines is 1. The first kappa shape index (κ1) is 25.3. The van der Waals surface area contributed by atoms with E-state index in [0.717, 1.165) is 28.3 Å². The molecule has 3 N–H and O–H groups in total. The maximum absolute atomic E-state index is 13.4. The Morgan fingerprint density at radius 2 is 1.94 bits per heavy atom. The number of benzene rings is 1. The van der Waals surface area contributed by atoms with Crippen molar-refractivity contribution >= 4 is 23.9 Å². The van der Waals surface area contributed by atoms with Crippen LogP contribution in [0.5, 0.6) is 0 Å². The summed E-state index contributed by atoms with van der Waals surface area (Å²) in [6.45, 7) is 4.99. The van der Waals surface area contributed by atoms with E-state index in [1.807, 2.05) is 43.3 Å². The van der Waals surface area contributed by atoms with Crippen molar-refractivity contribution in [2.45, 2.75) is 39.7 Å². The van der Waals surface area contributed by atoms with Crippen molar-refractivity contribution in [3.05, 3.63) is 59.4 Å². The number of hydrogen-bond donors (Lipinski definition) is 2. The van der Waals surface area contributed by atoms with Crippen molar-refractivity contribution < 1.29 is 19.2 Å². The minimum Gasteiger partial charge on any atom is -0.350 e. The molecule has 0 spiro atoms. The molecule has 9 heteroatoms. The fraction of sp³-hybridized carbons (Fsp3) is 0.440. The Labute approximate surface area is 200 Å². The van der Waals surface area contributed by atoms with Gasteiger partial charge >= 0.3 is 0 Å². The van der Waals surface area contributed by atoms with E-state index in [9.17, 15) is 14.4 Å². The summed E-state index contributed by atoms with van der Waals surface area (Å²) in [7, 11) is 0. The van der Waals surface area contributed by atoms with Crippen LogP contribution in [-0.4, -0.2) is 54.3 Å². The monoisotopic (exact) mass is 467 g/mol. The second-order valence-electron chi connectivity index (χ2n) is 8.54. The molecule has 2 aromatic rings. The van der Waals surface area contributed by atoms with E-state index >= 15 is 0 Å². The third-order valence-electron chi connectivity index (χ3n) is 6.44. The number of carbonyl (C=O) groups excluding carboxylic acids is 3. The Morgan fingerprint density at radius 1 is 1.24 bits per heavy atom. The molecule has 9 nitrogen and oxygen atoms in total. The van der Waals surface area contributed by atoms with Gasteiger partial charge in [0.05, 0.1) is 36.5 Å². The van der Waals surface area contributed by atoms with Crippen LogP contribution in [0.4, 0.5) is 5.69 Å². The van der Waals surface area contributed by atoms with Crippen molar-refractivity contribution in [2.24, 2.45) is 11.1 Å². The van der Waals surface area contributed by atoms with E-state index in [4.69, 9.17) is 10.6 Å². The molecule has 2 heterocycles. The SMILES string of the molecule is CCc1ccc(N(C=O)OCC2(C(=O)NCc3ncccc3C)CCN(C(=O)CN)CC2)cc1. The zero-order chi connectivity index (χ0) is 24.6. The van der Waals surface area contributed by atoms with Crippen LogP contribution in [0, 0.1) is 12.3 Å². The summed E-state index contributed by atoms with van der Waals surface area (Å²) in [4.78, 5) is 49.1. The van der Waals surface area contributed by atoms with Gasteiger partial charge in [-0.25, -0.2) is 0 Å². The van der Waals surface area contributed by atoms with Crippen molar-refractivity contribution in [3.8, 4) is 0 Å². The van der Waals surface area contributed by atoms with Gasteiger partial charge in [0.25, 0.3) is 0 Å². The van der Waals surface area contributed by atoms with E-state index in [-0.39, 0.29) is 31.5 Å². The highest BCUT2D eigenvalue weighted by atomic mass is 16.7. The molecule has 182 valence electrons. The summed E-state index contributed by atoms with van der Waals surface area (Å²) < 4.78 is 0. The lowest BCUT2D eigenvalue weighted by molar-refractivity contribution is -0.145. The predicted octanol–water partition coefficient (Wildman–Crippen LogP) is 1.73. The first-order valence-electron chi connectivity index (χ1n) is 11.6. The van der Waals surface area contributed by atoms with E-state index in [2.05, 4.69) is 17.2 Å². The van der Waals surface area contributed by atoms with Gasteiger partial charge in [0.1, 0.15) is 0 Å². The van der Waals surface area contributed by atoms with E-state index in [1.165, 1.54) is 0 Å². The van der Waals surface area contributed by atoms with Crippen molar-refractivity contribution in [1.29, 1.82) is 0 Å². The number of nitrogens with two attached hydrogens (primary N) is 1. The van der Waals surface area contributed by atoms with Gasteiger partial charge in [0, 0.05) is 19.3 Å². The molecule has 1 aromatic heterocycles. The number of aromatic nitrogens is 1. The molecule has 3 rings (SSSR count). The van der Waals surface area contributed by atoms with Gasteiger partial charge in [-0.15, -0.1) is 0 Å². The molecular formula is C25H33N5O4. The quantitative estimate of drug-likeness (QED) is 0.406. The van der Waals surface area contributed by atoms with Crippen LogP contribution in [0.2, 0.25) is 0 Å². The Balaban J connectivity index is 1.74. The van der Waals surface area contributed by atoms with Gasteiger partial charge in [-0.3, -0.25) is 24.2 Å². The molecule has 0 saturated carbocycles. The average molecular weight is 468 g/mol. The highest BCUT2D eigenvalue weighted by molar-refractivity contribution is 5.84. The molecule has 1 saturated heterocycles. The van der Waals surface area contributed by atoms with Gasteiger partial charge in [-0.1, -0.05) is 25.1 Å². The number of hydrogen-bond acceptors (Lipinski definition) is 6. The van der Waals surface area contributed by atoms with E-state index in [1.54, 1.807) is 11.1 Å². The second kappa shape index (κ2) is 11.7. The molecule has 0 bridgehead atoms. The zero-order valence-electron chi connectivity index (χ0n) is 19.8. The molecule has 1 aliphatic rings. The summed E-state index contributed by atoms with van der Waals surface area (Å²) >= 11 is 0. The van der Waals surface area contributed by atoms with Crippen LogP contribution in [0.25, 0.3) is 0 Å². The van der Waals surface area contributed by atoms with Crippen LogP contribution >= 0.6 is 0 Å². The molecule has 1 aromatic carbocycles. The minimum absolute atomic E-state index is 0.00103. The van der Waals surface area contributed by atoms with Gasteiger partial charge in [-0.05, 0) is 55.5 Å². The normalized spacial score (nSPS) is 15.0. The number of amides is 3. The topological polar surface area (TPSA) is 118 Å². The lowest BCUT2D eigenvalue weighted by Crippen LogP contribution is -2.53. The zero-order valence-corrected chi connectivity index (χ0v) is 19.8. The third-order valence-corrected chi connectivity index (χ3v) is 6.44. The fourth-order valence-electron chi connectivity index (χ4n) is 4.04. The molecule has 0 unspecified atom stereocenters. The molecule has 34 heavy (non-hydrogen) atoms. The number of aryl methyl sites for hydroxylation is 2. The summed E-state index contributed by atoms with van der Waals surface area (Å²) in [5, 5.41) is 4.14. The first-order valence-corrected chi connectivity index (χ1v) is 11.6. The molecule has 0 radical (unpaired) electrons. The van der Waals surface area contributed by atoms with Crippen LogP contribution in [-0.2, 0) is 32.2 Å². The maximum Gasteiger partial charge on any atom is 0.238 e. The number of pyridine rings is 1. The van der Waals surface area contributed by atoms with Crippen LogP contribution < -0.4 is 16.1 Å². The van der Waals surface area contributed by atoms with Crippen LogP contribution in [0.1, 0.15) is 36.6 Å². The number of nitrogens with one attached hydrogen (secondary N) is 1. The molecule has 1 fully saturated rings. The maximum atomic E-state index is 13.4. The lowest BCUT2D eigenvalue weighted by atomic mass is 9.78. The van der Waals surface area contributed by atoms with Gasteiger partial charge in [0.15, 0.2) is 0 Å². The molecule has 0 atom stereocenters. The van der Waals surface area contributed by atoms with Crippen molar-refractivity contribution in [1.82, 2.24) is 15.2 Å².